The molecule has 1 unspecified atom stereocenters. The van der Waals surface area contributed by atoms with E-state index in [-0.39, 0.29) is 11.9 Å². The lowest BCUT2D eigenvalue weighted by molar-refractivity contribution is -0.113. The Hall–Kier alpha value is -3.28. The monoisotopic (exact) mass is 365 g/mol. The highest BCUT2D eigenvalue weighted by molar-refractivity contribution is 6.06. The number of urea groups is 1. The van der Waals surface area contributed by atoms with E-state index in [9.17, 15) is 9.59 Å². The Morgan fingerprint density at radius 3 is 2.44 bits per heavy atom. The van der Waals surface area contributed by atoms with Gasteiger partial charge in [0.05, 0.1) is 18.7 Å². The SMILES string of the molecule is COc1cccc(C2C(C(=O)Nc3ccccc3)=C(C)N(C)C(=O)N2C)c1. The molecule has 6 nitrogen and oxygen atoms in total. The zero-order valence-corrected chi connectivity index (χ0v) is 15.9. The second-order valence-corrected chi connectivity index (χ2v) is 6.45. The molecule has 0 aliphatic carbocycles. The number of rotatable bonds is 4. The van der Waals surface area contributed by atoms with E-state index >= 15 is 0 Å². The molecule has 1 aliphatic heterocycles. The van der Waals surface area contributed by atoms with E-state index in [1.165, 1.54) is 4.90 Å². The van der Waals surface area contributed by atoms with Crippen LogP contribution in [0.5, 0.6) is 5.75 Å². The van der Waals surface area contributed by atoms with Crippen molar-refractivity contribution in [3.63, 3.8) is 0 Å². The first kappa shape index (κ1) is 18.5. The minimum Gasteiger partial charge on any atom is -0.497 e. The summed E-state index contributed by atoms with van der Waals surface area (Å²) in [6.45, 7) is 1.79. The van der Waals surface area contributed by atoms with E-state index in [1.807, 2.05) is 54.6 Å². The van der Waals surface area contributed by atoms with E-state index in [0.29, 0.717) is 22.7 Å². The first-order valence-electron chi connectivity index (χ1n) is 8.65. The molecule has 3 amide bonds. The van der Waals surface area contributed by atoms with E-state index in [4.69, 9.17) is 4.74 Å². The maximum atomic E-state index is 13.1. The Morgan fingerprint density at radius 1 is 1.07 bits per heavy atom. The number of para-hydroxylation sites is 1. The van der Waals surface area contributed by atoms with Gasteiger partial charge in [-0.25, -0.2) is 4.79 Å². The Balaban J connectivity index is 2.07. The molecule has 0 spiro atoms. The highest BCUT2D eigenvalue weighted by atomic mass is 16.5. The van der Waals surface area contributed by atoms with E-state index < -0.39 is 6.04 Å². The number of hydrogen-bond donors (Lipinski definition) is 1. The highest BCUT2D eigenvalue weighted by Crippen LogP contribution is 2.37. The fourth-order valence-electron chi connectivity index (χ4n) is 3.27. The molecule has 27 heavy (non-hydrogen) atoms. The summed E-state index contributed by atoms with van der Waals surface area (Å²) in [5, 5.41) is 2.93. The van der Waals surface area contributed by atoms with Crippen molar-refractivity contribution in [2.45, 2.75) is 13.0 Å². The number of benzene rings is 2. The van der Waals surface area contributed by atoms with E-state index in [1.54, 1.807) is 33.0 Å². The van der Waals surface area contributed by atoms with Crippen molar-refractivity contribution >= 4 is 17.6 Å². The number of nitrogens with one attached hydrogen (secondary N) is 1. The molecule has 1 heterocycles. The lowest BCUT2D eigenvalue weighted by atomic mass is 9.92. The van der Waals surface area contributed by atoms with Crippen LogP contribution in [-0.4, -0.2) is 42.9 Å². The van der Waals surface area contributed by atoms with Gasteiger partial charge in [0.2, 0.25) is 0 Å². The Bertz CT molecular complexity index is 893. The molecule has 1 atom stereocenters. The van der Waals surface area contributed by atoms with Crippen LogP contribution < -0.4 is 10.1 Å². The molecule has 0 aromatic heterocycles. The largest absolute Gasteiger partial charge is 0.497 e. The van der Waals surface area contributed by atoms with Crippen molar-refractivity contribution in [1.29, 1.82) is 0 Å². The molecule has 0 saturated carbocycles. The topological polar surface area (TPSA) is 61.9 Å². The van der Waals surface area contributed by atoms with Crippen LogP contribution in [0.4, 0.5) is 10.5 Å². The zero-order valence-electron chi connectivity index (χ0n) is 15.9. The summed E-state index contributed by atoms with van der Waals surface area (Å²) in [6.07, 6.45) is 0. The first-order chi connectivity index (χ1) is 12.9. The molecular weight excluding hydrogens is 342 g/mol. The number of methoxy groups -OCH3 is 1. The van der Waals surface area contributed by atoms with Crippen LogP contribution in [-0.2, 0) is 4.79 Å². The standard InChI is InChI=1S/C21H23N3O3/c1-14-18(20(25)22-16-10-6-5-7-11-16)19(24(3)21(26)23(14)2)15-9-8-12-17(13-15)27-4/h5-13,19H,1-4H3,(H,22,25). The van der Waals surface area contributed by atoms with Gasteiger partial charge in [-0.15, -0.1) is 0 Å². The smallest absolute Gasteiger partial charge is 0.324 e. The Kier molecular flexibility index (Phi) is 5.16. The predicted molar refractivity (Wildman–Crippen MR) is 104 cm³/mol. The van der Waals surface area contributed by atoms with Crippen molar-refractivity contribution in [3.05, 3.63) is 71.4 Å². The van der Waals surface area contributed by atoms with Gasteiger partial charge in [0, 0.05) is 25.5 Å². The van der Waals surface area contributed by atoms with Crippen LogP contribution >= 0.6 is 0 Å². The maximum Gasteiger partial charge on any atom is 0.324 e. The van der Waals surface area contributed by atoms with Gasteiger partial charge in [0.15, 0.2) is 0 Å². The second-order valence-electron chi connectivity index (χ2n) is 6.45. The molecular formula is C21H23N3O3. The summed E-state index contributed by atoms with van der Waals surface area (Å²) in [6, 6.07) is 16.0. The normalized spacial score (nSPS) is 17.2. The number of ether oxygens (including phenoxy) is 1. The first-order valence-corrected chi connectivity index (χ1v) is 8.65. The third kappa shape index (κ3) is 3.51. The van der Waals surface area contributed by atoms with Gasteiger partial charge in [-0.3, -0.25) is 4.79 Å². The summed E-state index contributed by atoms with van der Waals surface area (Å²) in [7, 11) is 4.96. The average molecular weight is 365 g/mol. The van der Waals surface area contributed by atoms with Crippen LogP contribution in [0.25, 0.3) is 0 Å². The average Bonchev–Trinajstić information content (AvgIpc) is 2.69. The molecule has 0 fully saturated rings. The van der Waals surface area contributed by atoms with Gasteiger partial charge >= 0.3 is 6.03 Å². The molecule has 2 aromatic carbocycles. The van der Waals surface area contributed by atoms with Crippen LogP contribution in [0.15, 0.2) is 65.9 Å². The highest BCUT2D eigenvalue weighted by Gasteiger charge is 2.38. The van der Waals surface area contributed by atoms with Crippen molar-refractivity contribution in [3.8, 4) is 5.75 Å². The van der Waals surface area contributed by atoms with Crippen molar-refractivity contribution in [2.24, 2.45) is 0 Å². The van der Waals surface area contributed by atoms with Gasteiger partial charge in [0.1, 0.15) is 5.75 Å². The number of hydrogen-bond acceptors (Lipinski definition) is 3. The number of allylic oxidation sites excluding steroid dienone is 1. The van der Waals surface area contributed by atoms with Crippen LogP contribution in [0.1, 0.15) is 18.5 Å². The summed E-state index contributed by atoms with van der Waals surface area (Å²) in [4.78, 5) is 28.9. The number of amides is 3. The van der Waals surface area contributed by atoms with Gasteiger partial charge < -0.3 is 19.9 Å². The Labute approximate surface area is 159 Å². The van der Waals surface area contributed by atoms with Gasteiger partial charge in [0.25, 0.3) is 5.91 Å². The van der Waals surface area contributed by atoms with Gasteiger partial charge in [-0.1, -0.05) is 30.3 Å². The van der Waals surface area contributed by atoms with Crippen LogP contribution in [0.2, 0.25) is 0 Å². The molecule has 2 aromatic rings. The number of nitrogens with zero attached hydrogens (tertiary/aromatic N) is 2. The fraction of sp³-hybridized carbons (Fsp3) is 0.238. The molecule has 0 saturated heterocycles. The quantitative estimate of drug-likeness (QED) is 0.900. The molecule has 1 N–H and O–H groups in total. The van der Waals surface area contributed by atoms with Crippen molar-refractivity contribution < 1.29 is 14.3 Å². The van der Waals surface area contributed by atoms with Crippen LogP contribution in [0.3, 0.4) is 0 Å². The lowest BCUT2D eigenvalue weighted by Crippen LogP contribution is -2.47. The summed E-state index contributed by atoms with van der Waals surface area (Å²) < 4.78 is 5.32. The Morgan fingerprint density at radius 2 is 1.78 bits per heavy atom. The summed E-state index contributed by atoms with van der Waals surface area (Å²) >= 11 is 0. The minimum absolute atomic E-state index is 0.170. The third-order valence-corrected chi connectivity index (χ3v) is 4.83. The minimum atomic E-state index is -0.507. The third-order valence-electron chi connectivity index (χ3n) is 4.83. The van der Waals surface area contributed by atoms with E-state index in [0.717, 1.165) is 5.56 Å². The van der Waals surface area contributed by atoms with Gasteiger partial charge in [-0.2, -0.15) is 0 Å². The summed E-state index contributed by atoms with van der Waals surface area (Å²) in [5.41, 5.74) is 2.67. The fourth-order valence-corrected chi connectivity index (χ4v) is 3.27. The molecule has 1 aliphatic rings. The molecule has 3 rings (SSSR count). The molecule has 0 bridgehead atoms. The van der Waals surface area contributed by atoms with Crippen LogP contribution in [0, 0.1) is 0 Å². The second kappa shape index (κ2) is 7.53. The number of carbonyl (C=O) groups excluding carboxylic acids is 2. The zero-order chi connectivity index (χ0) is 19.6. The van der Waals surface area contributed by atoms with Gasteiger partial charge in [-0.05, 0) is 36.8 Å². The number of anilines is 1. The molecule has 0 radical (unpaired) electrons. The summed E-state index contributed by atoms with van der Waals surface area (Å²) in [5.74, 6) is 0.436. The predicted octanol–water partition coefficient (Wildman–Crippen LogP) is 3.65. The van der Waals surface area contributed by atoms with E-state index in [2.05, 4.69) is 5.32 Å². The molecule has 140 valence electrons. The van der Waals surface area contributed by atoms with Crippen molar-refractivity contribution in [2.75, 3.05) is 26.5 Å². The van der Waals surface area contributed by atoms with Crippen molar-refractivity contribution in [1.82, 2.24) is 9.80 Å². The molecule has 6 heteroatoms. The lowest BCUT2D eigenvalue weighted by Gasteiger charge is -2.40. The number of likely N-dealkylation sites (N-methyl/N-ethyl adjacent to an activating group) is 1. The maximum absolute atomic E-state index is 13.1. The number of carbonyl (C=O) groups is 2.